The maximum absolute atomic E-state index is 12.8. The number of carbonyl (C=O) groups is 1. The summed E-state index contributed by atoms with van der Waals surface area (Å²) in [4.78, 5) is 17.1. The Balaban J connectivity index is 1.80. The van der Waals surface area contributed by atoms with Crippen LogP contribution >= 0.6 is 0 Å². The molecule has 0 radical (unpaired) electrons. The van der Waals surface area contributed by atoms with Crippen molar-refractivity contribution in [1.82, 2.24) is 15.5 Å². The lowest BCUT2D eigenvalue weighted by Crippen LogP contribution is -2.27. The van der Waals surface area contributed by atoms with Gasteiger partial charge >= 0.3 is 0 Å². The van der Waals surface area contributed by atoms with E-state index in [0.717, 1.165) is 5.56 Å². The second-order valence-corrected chi connectivity index (χ2v) is 5.93. The molecule has 1 unspecified atom stereocenters. The largest absolute Gasteiger partial charge is 0.496 e. The van der Waals surface area contributed by atoms with Crippen LogP contribution in [0.1, 0.15) is 29.1 Å². The van der Waals surface area contributed by atoms with Gasteiger partial charge in [0, 0.05) is 17.7 Å². The van der Waals surface area contributed by atoms with Gasteiger partial charge in [-0.05, 0) is 19.1 Å². The van der Waals surface area contributed by atoms with Crippen molar-refractivity contribution >= 4 is 5.91 Å². The Hall–Kier alpha value is -3.55. The molecule has 2 aromatic carbocycles. The van der Waals surface area contributed by atoms with Gasteiger partial charge in [-0.15, -0.1) is 0 Å². The Morgan fingerprint density at radius 2 is 1.64 bits per heavy atom. The highest BCUT2D eigenvalue weighted by atomic mass is 16.5. The fourth-order valence-corrected chi connectivity index (χ4v) is 2.65. The molecule has 1 N–H and O–H groups in total. The van der Waals surface area contributed by atoms with E-state index in [1.54, 1.807) is 19.1 Å². The number of amides is 1. The highest BCUT2D eigenvalue weighted by Gasteiger charge is 2.22. The molecule has 3 aromatic rings. The van der Waals surface area contributed by atoms with Crippen LogP contribution in [0, 0.1) is 0 Å². The molecule has 1 aromatic heterocycles. The van der Waals surface area contributed by atoms with E-state index in [4.69, 9.17) is 18.7 Å². The highest BCUT2D eigenvalue weighted by molar-refractivity contribution is 5.98. The average Bonchev–Trinajstić information content (AvgIpc) is 3.23. The summed E-state index contributed by atoms with van der Waals surface area (Å²) in [6.07, 6.45) is 0. The number of rotatable bonds is 7. The zero-order chi connectivity index (χ0) is 20.1. The lowest BCUT2D eigenvalue weighted by atomic mass is 10.1. The van der Waals surface area contributed by atoms with E-state index >= 15 is 0 Å². The van der Waals surface area contributed by atoms with Crippen molar-refractivity contribution in [3.8, 4) is 28.7 Å². The Kier molecular flexibility index (Phi) is 5.78. The fourth-order valence-electron chi connectivity index (χ4n) is 2.65. The van der Waals surface area contributed by atoms with E-state index in [1.165, 1.54) is 21.3 Å². The normalized spacial score (nSPS) is 11.6. The number of methoxy groups -OCH3 is 3. The van der Waals surface area contributed by atoms with E-state index < -0.39 is 6.04 Å². The summed E-state index contributed by atoms with van der Waals surface area (Å²) in [6, 6.07) is 12.1. The van der Waals surface area contributed by atoms with Crippen LogP contribution < -0.4 is 19.5 Å². The van der Waals surface area contributed by atoms with Crippen LogP contribution in [0.25, 0.3) is 11.5 Å². The molecular weight excluding hydrogens is 362 g/mol. The van der Waals surface area contributed by atoms with E-state index in [1.807, 2.05) is 30.3 Å². The number of hydrogen-bond donors (Lipinski definition) is 1. The highest BCUT2D eigenvalue weighted by Crippen LogP contribution is 2.34. The van der Waals surface area contributed by atoms with Gasteiger partial charge in [0.15, 0.2) is 17.3 Å². The molecule has 0 spiro atoms. The van der Waals surface area contributed by atoms with Gasteiger partial charge in [-0.3, -0.25) is 4.79 Å². The Morgan fingerprint density at radius 1 is 1.00 bits per heavy atom. The van der Waals surface area contributed by atoms with Crippen molar-refractivity contribution in [2.24, 2.45) is 0 Å². The van der Waals surface area contributed by atoms with E-state index in [0.29, 0.717) is 34.5 Å². The molecule has 0 saturated carbocycles. The van der Waals surface area contributed by atoms with Gasteiger partial charge in [-0.25, -0.2) is 0 Å². The Bertz CT molecular complexity index is 956. The minimum atomic E-state index is -0.480. The van der Waals surface area contributed by atoms with Crippen molar-refractivity contribution < 1.29 is 23.5 Å². The Labute approximate surface area is 162 Å². The van der Waals surface area contributed by atoms with Crippen LogP contribution in [0.5, 0.6) is 17.2 Å². The standard InChI is InChI=1S/C20H21N3O5/c1-12(18-22-20(28-23-18)13-8-6-5-7-9-13)21-19(24)14-10-16(26-3)17(27-4)11-15(14)25-2/h5-12H,1-4H3,(H,21,24). The molecule has 0 aliphatic rings. The first kappa shape index (κ1) is 19.2. The molecule has 0 aliphatic carbocycles. The maximum Gasteiger partial charge on any atom is 0.257 e. The first-order valence-corrected chi connectivity index (χ1v) is 8.57. The molecule has 1 amide bonds. The smallest absolute Gasteiger partial charge is 0.257 e. The molecule has 1 atom stereocenters. The summed E-state index contributed by atoms with van der Waals surface area (Å²) in [5.74, 6) is 1.64. The lowest BCUT2D eigenvalue weighted by molar-refractivity contribution is 0.0934. The third-order valence-corrected chi connectivity index (χ3v) is 4.15. The zero-order valence-electron chi connectivity index (χ0n) is 16.1. The SMILES string of the molecule is COc1cc(OC)c(C(=O)NC(C)c2noc(-c3ccccc3)n2)cc1OC. The molecule has 3 rings (SSSR count). The van der Waals surface area contributed by atoms with Gasteiger partial charge in [0.25, 0.3) is 11.8 Å². The monoisotopic (exact) mass is 383 g/mol. The van der Waals surface area contributed by atoms with Crippen LogP contribution in [0.15, 0.2) is 47.0 Å². The number of carbonyl (C=O) groups excluding carboxylic acids is 1. The number of aromatic nitrogens is 2. The molecular formula is C20H21N3O5. The first-order chi connectivity index (χ1) is 13.6. The van der Waals surface area contributed by atoms with Crippen LogP contribution in [0.3, 0.4) is 0 Å². The van der Waals surface area contributed by atoms with Crippen molar-refractivity contribution in [3.63, 3.8) is 0 Å². The average molecular weight is 383 g/mol. The minimum absolute atomic E-state index is 0.304. The first-order valence-electron chi connectivity index (χ1n) is 8.57. The second kappa shape index (κ2) is 8.43. The van der Waals surface area contributed by atoms with Crippen LogP contribution in [0.4, 0.5) is 0 Å². The molecule has 8 heteroatoms. The van der Waals surface area contributed by atoms with Crippen LogP contribution in [-0.4, -0.2) is 37.4 Å². The summed E-state index contributed by atoms with van der Waals surface area (Å²) < 4.78 is 21.1. The van der Waals surface area contributed by atoms with Crippen molar-refractivity contribution in [2.45, 2.75) is 13.0 Å². The van der Waals surface area contributed by atoms with Gasteiger partial charge in [0.1, 0.15) is 5.75 Å². The third-order valence-electron chi connectivity index (χ3n) is 4.15. The Morgan fingerprint density at radius 3 is 2.29 bits per heavy atom. The fraction of sp³-hybridized carbons (Fsp3) is 0.250. The van der Waals surface area contributed by atoms with Crippen molar-refractivity contribution in [3.05, 3.63) is 53.9 Å². The predicted octanol–water partition coefficient (Wildman–Crippen LogP) is 3.25. The number of hydrogen-bond acceptors (Lipinski definition) is 7. The molecule has 8 nitrogen and oxygen atoms in total. The van der Waals surface area contributed by atoms with Crippen LogP contribution in [-0.2, 0) is 0 Å². The summed E-state index contributed by atoms with van der Waals surface area (Å²) in [7, 11) is 4.49. The predicted molar refractivity (Wildman–Crippen MR) is 102 cm³/mol. The third kappa shape index (κ3) is 3.90. The van der Waals surface area contributed by atoms with E-state index in [2.05, 4.69) is 15.5 Å². The van der Waals surface area contributed by atoms with Gasteiger partial charge in [0.2, 0.25) is 0 Å². The van der Waals surface area contributed by atoms with Gasteiger partial charge in [0.05, 0.1) is 32.9 Å². The molecule has 1 heterocycles. The van der Waals surface area contributed by atoms with Gasteiger partial charge in [-0.2, -0.15) is 4.98 Å². The molecule has 0 saturated heterocycles. The number of ether oxygens (including phenoxy) is 3. The van der Waals surface area contributed by atoms with E-state index in [-0.39, 0.29) is 5.91 Å². The lowest BCUT2D eigenvalue weighted by Gasteiger charge is -2.15. The van der Waals surface area contributed by atoms with Gasteiger partial charge in [-0.1, -0.05) is 23.4 Å². The number of nitrogens with zero attached hydrogens (tertiary/aromatic N) is 2. The summed E-state index contributed by atoms with van der Waals surface area (Å²) in [5, 5.41) is 6.81. The molecule has 0 aliphatic heterocycles. The molecule has 0 bridgehead atoms. The van der Waals surface area contributed by atoms with E-state index in [9.17, 15) is 4.79 Å². The number of benzene rings is 2. The van der Waals surface area contributed by atoms with Crippen molar-refractivity contribution in [2.75, 3.05) is 21.3 Å². The van der Waals surface area contributed by atoms with Crippen LogP contribution in [0.2, 0.25) is 0 Å². The van der Waals surface area contributed by atoms with Crippen molar-refractivity contribution in [1.29, 1.82) is 0 Å². The summed E-state index contributed by atoms with van der Waals surface area (Å²) >= 11 is 0. The summed E-state index contributed by atoms with van der Waals surface area (Å²) in [6.45, 7) is 1.77. The quantitative estimate of drug-likeness (QED) is 0.669. The van der Waals surface area contributed by atoms with Gasteiger partial charge < -0.3 is 24.1 Å². The molecule has 28 heavy (non-hydrogen) atoms. The summed E-state index contributed by atoms with van der Waals surface area (Å²) in [5.41, 5.74) is 1.11. The molecule has 0 fully saturated rings. The zero-order valence-corrected chi connectivity index (χ0v) is 16.1. The molecule has 146 valence electrons. The topological polar surface area (TPSA) is 95.7 Å². The minimum Gasteiger partial charge on any atom is -0.496 e. The maximum atomic E-state index is 12.8. The number of nitrogens with one attached hydrogen (secondary N) is 1. The second-order valence-electron chi connectivity index (χ2n) is 5.93.